The van der Waals surface area contributed by atoms with Gasteiger partial charge in [0, 0.05) is 5.56 Å². The van der Waals surface area contributed by atoms with Crippen LogP contribution in [0.4, 0.5) is 0 Å². The van der Waals surface area contributed by atoms with Gasteiger partial charge in [-0.25, -0.2) is 0 Å². The second-order valence-corrected chi connectivity index (χ2v) is 5.99. The molecule has 3 rings (SSSR count). The molecule has 1 fully saturated rings. The van der Waals surface area contributed by atoms with Gasteiger partial charge in [-0.3, -0.25) is 4.79 Å². The van der Waals surface area contributed by atoms with Crippen LogP contribution in [0.1, 0.15) is 17.3 Å². The van der Waals surface area contributed by atoms with E-state index in [4.69, 9.17) is 4.74 Å². The summed E-state index contributed by atoms with van der Waals surface area (Å²) in [6.45, 7) is 0.825. The maximum Gasteiger partial charge on any atom is 0.256 e. The van der Waals surface area contributed by atoms with E-state index in [2.05, 4.69) is 0 Å². The number of nitrogens with zero attached hydrogens (tertiary/aromatic N) is 1. The van der Waals surface area contributed by atoms with Gasteiger partial charge in [0.05, 0.1) is 25.4 Å². The number of carbonyl (C=O) groups is 1. The van der Waals surface area contributed by atoms with Gasteiger partial charge >= 0.3 is 0 Å². The van der Waals surface area contributed by atoms with E-state index in [0.717, 1.165) is 10.8 Å². The summed E-state index contributed by atoms with van der Waals surface area (Å²) in [5, 5.41) is 31.4. The minimum atomic E-state index is -1.03. The van der Waals surface area contributed by atoms with Gasteiger partial charge in [-0.1, -0.05) is 30.3 Å². The van der Waals surface area contributed by atoms with Crippen molar-refractivity contribution < 1.29 is 24.9 Å². The highest BCUT2D eigenvalue weighted by Gasteiger charge is 2.43. The summed E-state index contributed by atoms with van der Waals surface area (Å²) in [7, 11) is 0. The Bertz CT molecular complexity index is 734. The second kappa shape index (κ2) is 6.86. The van der Waals surface area contributed by atoms with Crippen molar-refractivity contribution in [2.24, 2.45) is 0 Å². The molecule has 3 unspecified atom stereocenters. The first-order valence-corrected chi connectivity index (χ1v) is 7.93. The Balaban J connectivity index is 1.97. The smallest absolute Gasteiger partial charge is 0.256 e. The molecule has 1 aliphatic rings. The Hall–Kier alpha value is -1.99. The molecule has 4 atom stereocenters. The van der Waals surface area contributed by atoms with Crippen LogP contribution in [-0.2, 0) is 4.74 Å². The number of amides is 1. The quantitative estimate of drug-likeness (QED) is 0.772. The van der Waals surface area contributed by atoms with Crippen LogP contribution in [0.5, 0.6) is 0 Å². The lowest BCUT2D eigenvalue weighted by Crippen LogP contribution is -2.64. The third-order valence-electron chi connectivity index (χ3n) is 4.49. The van der Waals surface area contributed by atoms with Crippen LogP contribution in [0.25, 0.3) is 10.8 Å². The molecule has 0 bridgehead atoms. The molecule has 1 heterocycles. The van der Waals surface area contributed by atoms with E-state index in [0.29, 0.717) is 5.56 Å². The van der Waals surface area contributed by atoms with E-state index in [1.807, 2.05) is 30.3 Å². The van der Waals surface area contributed by atoms with Crippen LogP contribution in [-0.4, -0.2) is 63.8 Å². The fourth-order valence-electron chi connectivity index (χ4n) is 3.16. The van der Waals surface area contributed by atoms with Gasteiger partial charge in [0.1, 0.15) is 6.10 Å². The summed E-state index contributed by atoms with van der Waals surface area (Å²) in [4.78, 5) is 14.2. The highest BCUT2D eigenvalue weighted by atomic mass is 16.5. The first kappa shape index (κ1) is 16.9. The third kappa shape index (κ3) is 2.89. The molecular weight excluding hydrogens is 310 g/mol. The van der Waals surface area contributed by atoms with Crippen molar-refractivity contribution in [1.82, 2.24) is 4.90 Å². The summed E-state index contributed by atoms with van der Waals surface area (Å²) >= 11 is 0. The molecule has 1 amide bonds. The number of aliphatic hydroxyl groups excluding tert-OH is 3. The molecule has 3 N–H and O–H groups in total. The minimum absolute atomic E-state index is 0.398. The van der Waals surface area contributed by atoms with Crippen molar-refractivity contribution in [3.05, 3.63) is 48.0 Å². The number of ether oxygens (including phenoxy) is 1. The number of aliphatic hydroxyl groups is 3. The molecule has 6 nitrogen and oxygen atoms in total. The number of rotatable bonds is 3. The molecule has 2 aromatic carbocycles. The van der Waals surface area contributed by atoms with Gasteiger partial charge in [0.2, 0.25) is 0 Å². The molecule has 0 radical (unpaired) electrons. The molecule has 1 aliphatic heterocycles. The lowest BCUT2D eigenvalue weighted by atomic mass is 10.00. The normalized spacial score (nSPS) is 27.4. The summed E-state index contributed by atoms with van der Waals surface area (Å²) in [6, 6.07) is 12.1. The highest BCUT2D eigenvalue weighted by molar-refractivity contribution is 5.99. The maximum atomic E-state index is 12.9. The fraction of sp³-hybridized carbons (Fsp3) is 0.389. The van der Waals surface area contributed by atoms with Gasteiger partial charge in [0.15, 0.2) is 6.23 Å². The summed E-state index contributed by atoms with van der Waals surface area (Å²) < 4.78 is 5.52. The average Bonchev–Trinajstić information content (AvgIpc) is 2.62. The monoisotopic (exact) mass is 331 g/mol. The van der Waals surface area contributed by atoms with E-state index < -0.39 is 43.6 Å². The molecule has 0 spiro atoms. The standard InChI is InChI=1S/C18H21NO5/c1-11-17(22)15(9-20)19(16(10-21)24-11)18(23)14-7-6-12-4-2-3-5-13(12)8-14/h2-8,11,15-17,20-22H,9-10H2,1H3/t11-,15?,16?,17?/m0/s1. The highest BCUT2D eigenvalue weighted by Crippen LogP contribution is 2.26. The zero-order valence-corrected chi connectivity index (χ0v) is 13.4. The van der Waals surface area contributed by atoms with Crippen LogP contribution < -0.4 is 0 Å². The van der Waals surface area contributed by atoms with Crippen molar-refractivity contribution in [1.29, 1.82) is 0 Å². The van der Waals surface area contributed by atoms with E-state index in [-0.39, 0.29) is 0 Å². The zero-order valence-electron chi connectivity index (χ0n) is 13.4. The minimum Gasteiger partial charge on any atom is -0.394 e. The summed E-state index contributed by atoms with van der Waals surface area (Å²) in [5.74, 6) is -0.398. The zero-order chi connectivity index (χ0) is 17.3. The molecule has 1 saturated heterocycles. The van der Waals surface area contributed by atoms with Crippen molar-refractivity contribution in [2.75, 3.05) is 13.2 Å². The van der Waals surface area contributed by atoms with E-state index in [1.165, 1.54) is 4.90 Å². The molecule has 0 aromatic heterocycles. The van der Waals surface area contributed by atoms with Crippen molar-refractivity contribution >= 4 is 16.7 Å². The largest absolute Gasteiger partial charge is 0.394 e. The van der Waals surface area contributed by atoms with Crippen molar-refractivity contribution in [2.45, 2.75) is 31.4 Å². The number of hydrogen-bond acceptors (Lipinski definition) is 5. The van der Waals surface area contributed by atoms with Gasteiger partial charge in [-0.2, -0.15) is 0 Å². The maximum absolute atomic E-state index is 12.9. The Kier molecular flexibility index (Phi) is 4.82. The molecule has 128 valence electrons. The van der Waals surface area contributed by atoms with Gasteiger partial charge < -0.3 is 25.0 Å². The molecule has 0 aliphatic carbocycles. The molecule has 6 heteroatoms. The SMILES string of the molecule is C[C@@H]1OC(CO)N(C(=O)c2ccc3ccccc3c2)C(CO)C1O. The van der Waals surface area contributed by atoms with Crippen LogP contribution in [0, 0.1) is 0 Å². The summed E-state index contributed by atoms with van der Waals surface area (Å²) in [5.41, 5.74) is 0.413. The number of carbonyl (C=O) groups excluding carboxylic acids is 1. The summed E-state index contributed by atoms with van der Waals surface area (Å²) in [6.07, 6.45) is -2.51. The molecule has 24 heavy (non-hydrogen) atoms. The Morgan fingerprint density at radius 2 is 1.83 bits per heavy atom. The number of fused-ring (bicyclic) bond motifs is 1. The topological polar surface area (TPSA) is 90.2 Å². The molecular formula is C18H21NO5. The molecule has 2 aromatic rings. The van der Waals surface area contributed by atoms with Crippen LogP contribution in [0.15, 0.2) is 42.5 Å². The van der Waals surface area contributed by atoms with Gasteiger partial charge in [-0.15, -0.1) is 0 Å². The predicted molar refractivity (Wildman–Crippen MR) is 88.4 cm³/mol. The van der Waals surface area contributed by atoms with Crippen molar-refractivity contribution in [3.8, 4) is 0 Å². The first-order valence-electron chi connectivity index (χ1n) is 7.93. The Labute approximate surface area is 139 Å². The van der Waals surface area contributed by atoms with Gasteiger partial charge in [-0.05, 0) is 29.8 Å². The first-order chi connectivity index (χ1) is 11.6. The number of hydrogen-bond donors (Lipinski definition) is 3. The average molecular weight is 331 g/mol. The lowest BCUT2D eigenvalue weighted by Gasteiger charge is -2.46. The van der Waals surface area contributed by atoms with Crippen LogP contribution in [0.2, 0.25) is 0 Å². The molecule has 0 saturated carbocycles. The van der Waals surface area contributed by atoms with E-state index in [1.54, 1.807) is 19.1 Å². The Morgan fingerprint density at radius 3 is 2.50 bits per heavy atom. The third-order valence-corrected chi connectivity index (χ3v) is 4.49. The lowest BCUT2D eigenvalue weighted by molar-refractivity contribution is -0.207. The van der Waals surface area contributed by atoms with Crippen LogP contribution in [0.3, 0.4) is 0 Å². The number of benzene rings is 2. The van der Waals surface area contributed by atoms with Gasteiger partial charge in [0.25, 0.3) is 5.91 Å². The second-order valence-electron chi connectivity index (χ2n) is 5.99. The Morgan fingerprint density at radius 1 is 1.12 bits per heavy atom. The van der Waals surface area contributed by atoms with E-state index in [9.17, 15) is 20.1 Å². The van der Waals surface area contributed by atoms with E-state index >= 15 is 0 Å². The fourth-order valence-corrected chi connectivity index (χ4v) is 3.16. The van der Waals surface area contributed by atoms with Crippen molar-refractivity contribution in [3.63, 3.8) is 0 Å². The predicted octanol–water partition coefficient (Wildman–Crippen LogP) is 0.741. The van der Waals surface area contributed by atoms with Crippen LogP contribution >= 0.6 is 0 Å².